The number of rotatable bonds is 4. The molecule has 2 aromatic rings. The summed E-state index contributed by atoms with van der Waals surface area (Å²) in [5.74, 6) is 0. The molecule has 1 heterocycles. The summed E-state index contributed by atoms with van der Waals surface area (Å²) in [5.41, 5.74) is -1.19. The molecule has 0 bridgehead atoms. The molecule has 0 saturated heterocycles. The number of hydrogen-bond acceptors (Lipinski definition) is 3. The molecule has 0 fully saturated rings. The van der Waals surface area contributed by atoms with Gasteiger partial charge in [0.05, 0.1) is 19.8 Å². The van der Waals surface area contributed by atoms with Gasteiger partial charge >= 0.3 is 6.18 Å². The van der Waals surface area contributed by atoms with Crippen LogP contribution in [0.25, 0.3) is 0 Å². The van der Waals surface area contributed by atoms with Crippen molar-refractivity contribution in [1.29, 1.82) is 0 Å². The number of thiophene rings is 1. The van der Waals surface area contributed by atoms with E-state index in [0.29, 0.717) is 15.3 Å². The molecule has 3 nitrogen and oxygen atoms in total. The summed E-state index contributed by atoms with van der Waals surface area (Å²) in [7, 11) is -2.81. The summed E-state index contributed by atoms with van der Waals surface area (Å²) >= 11 is 12.5. The van der Waals surface area contributed by atoms with E-state index in [4.69, 9.17) is 23.2 Å². The lowest BCUT2D eigenvalue weighted by molar-refractivity contribution is -0.137. The van der Waals surface area contributed by atoms with E-state index in [1.165, 1.54) is 18.4 Å². The predicted molar refractivity (Wildman–Crippen MR) is 84.4 cm³/mol. The van der Waals surface area contributed by atoms with Gasteiger partial charge in [-0.05, 0) is 30.3 Å². The zero-order valence-electron chi connectivity index (χ0n) is 11.6. The van der Waals surface area contributed by atoms with E-state index in [9.17, 15) is 21.6 Å². The van der Waals surface area contributed by atoms with Gasteiger partial charge in [0, 0.05) is 18.5 Å². The van der Waals surface area contributed by atoms with E-state index >= 15 is 0 Å². The molecule has 1 aromatic carbocycles. The van der Waals surface area contributed by atoms with Gasteiger partial charge in [0.1, 0.15) is 0 Å². The number of sulfonamides is 1. The lowest BCUT2D eigenvalue weighted by Gasteiger charge is -2.18. The van der Waals surface area contributed by atoms with Crippen molar-refractivity contribution in [3.63, 3.8) is 0 Å². The number of alkyl halides is 3. The van der Waals surface area contributed by atoms with Crippen molar-refractivity contribution < 1.29 is 21.6 Å². The fourth-order valence-electron chi connectivity index (χ4n) is 1.80. The molecule has 2 rings (SSSR count). The van der Waals surface area contributed by atoms with Crippen molar-refractivity contribution in [3.05, 3.63) is 50.1 Å². The van der Waals surface area contributed by atoms with Crippen molar-refractivity contribution >= 4 is 44.6 Å². The SMILES string of the molecule is CN(Cc1ccc(Cl)s1)S(=O)(=O)c1ccc(Cl)c(C(F)(F)F)c1. The summed E-state index contributed by atoms with van der Waals surface area (Å²) in [5, 5.41) is -0.552. The molecule has 0 unspecified atom stereocenters. The Morgan fingerprint density at radius 2 is 1.83 bits per heavy atom. The molecule has 0 aliphatic carbocycles. The molecule has 23 heavy (non-hydrogen) atoms. The summed E-state index contributed by atoms with van der Waals surface area (Å²) in [4.78, 5) is 0.200. The molecule has 0 atom stereocenters. The molecule has 0 spiro atoms. The molecular formula is C13H10Cl2F3NO2S2. The van der Waals surface area contributed by atoms with Gasteiger partial charge in [-0.3, -0.25) is 0 Å². The first-order valence-corrected chi connectivity index (χ1v) is 9.10. The molecule has 126 valence electrons. The maximum absolute atomic E-state index is 12.9. The second-order valence-corrected chi connectivity index (χ2v) is 8.86. The number of halogens is 5. The number of benzene rings is 1. The first-order chi connectivity index (χ1) is 10.5. The summed E-state index contributed by atoms with van der Waals surface area (Å²) in [6.07, 6.45) is -4.73. The molecule has 0 aliphatic heterocycles. The summed E-state index contributed by atoms with van der Waals surface area (Å²) < 4.78 is 64.9. The Kier molecular flexibility index (Phi) is 5.32. The van der Waals surface area contributed by atoms with Crippen LogP contribution in [-0.2, 0) is 22.7 Å². The van der Waals surface area contributed by atoms with E-state index in [0.717, 1.165) is 16.4 Å². The van der Waals surface area contributed by atoms with Gasteiger partial charge in [0.25, 0.3) is 0 Å². The maximum Gasteiger partial charge on any atom is 0.417 e. The first kappa shape index (κ1) is 18.5. The Hall–Kier alpha value is -0.800. The Bertz CT molecular complexity index is 819. The third-order valence-electron chi connectivity index (χ3n) is 2.96. The summed E-state index contributed by atoms with van der Waals surface area (Å²) in [6, 6.07) is 5.78. The molecular weight excluding hydrogens is 394 g/mol. The second kappa shape index (κ2) is 6.60. The third-order valence-corrected chi connectivity index (χ3v) is 6.30. The highest BCUT2D eigenvalue weighted by Gasteiger charge is 2.35. The molecule has 10 heteroatoms. The van der Waals surface area contributed by atoms with Gasteiger partial charge in [0.2, 0.25) is 10.0 Å². The highest BCUT2D eigenvalue weighted by molar-refractivity contribution is 7.89. The van der Waals surface area contributed by atoms with Gasteiger partial charge in [-0.25, -0.2) is 8.42 Å². The monoisotopic (exact) mass is 403 g/mol. The molecule has 0 saturated carbocycles. The molecule has 0 aliphatic rings. The zero-order valence-corrected chi connectivity index (χ0v) is 14.7. The van der Waals surface area contributed by atoms with E-state index in [2.05, 4.69) is 0 Å². The Balaban J connectivity index is 2.35. The summed E-state index contributed by atoms with van der Waals surface area (Å²) in [6.45, 7) is 0.00367. The number of nitrogens with zero attached hydrogens (tertiary/aromatic N) is 1. The van der Waals surface area contributed by atoms with E-state index < -0.39 is 31.7 Å². The van der Waals surface area contributed by atoms with Crippen LogP contribution < -0.4 is 0 Å². The van der Waals surface area contributed by atoms with E-state index in [-0.39, 0.29) is 6.54 Å². The van der Waals surface area contributed by atoms with Gasteiger partial charge in [-0.15, -0.1) is 11.3 Å². The van der Waals surface area contributed by atoms with Crippen LogP contribution in [-0.4, -0.2) is 19.8 Å². The maximum atomic E-state index is 12.9. The van der Waals surface area contributed by atoms with Crippen molar-refractivity contribution in [2.24, 2.45) is 0 Å². The average molecular weight is 404 g/mol. The quantitative estimate of drug-likeness (QED) is 0.728. The third kappa shape index (κ3) is 4.19. The van der Waals surface area contributed by atoms with E-state index in [1.54, 1.807) is 12.1 Å². The largest absolute Gasteiger partial charge is 0.417 e. The highest BCUT2D eigenvalue weighted by Crippen LogP contribution is 2.36. The van der Waals surface area contributed by atoms with Crippen molar-refractivity contribution in [3.8, 4) is 0 Å². The van der Waals surface area contributed by atoms with Gasteiger partial charge in [0.15, 0.2) is 0 Å². The van der Waals surface area contributed by atoms with Crippen LogP contribution in [0, 0.1) is 0 Å². The molecule has 0 N–H and O–H groups in total. The molecule has 0 radical (unpaired) electrons. The standard InChI is InChI=1S/C13H10Cl2F3NO2S2/c1-19(7-8-2-5-12(15)22-8)23(20,21)9-3-4-11(14)10(6-9)13(16,17)18/h2-6H,7H2,1H3. The van der Waals surface area contributed by atoms with Crippen LogP contribution in [0.2, 0.25) is 9.36 Å². The predicted octanol–water partition coefficient (Wildman–Crippen LogP) is 4.89. The van der Waals surface area contributed by atoms with Gasteiger partial charge in [-0.2, -0.15) is 17.5 Å². The first-order valence-electron chi connectivity index (χ1n) is 6.09. The Morgan fingerprint density at radius 1 is 1.17 bits per heavy atom. The highest BCUT2D eigenvalue weighted by atomic mass is 35.5. The van der Waals surface area contributed by atoms with E-state index in [1.807, 2.05) is 0 Å². The topological polar surface area (TPSA) is 37.4 Å². The lowest BCUT2D eigenvalue weighted by Crippen LogP contribution is -2.26. The Labute approximate surface area is 145 Å². The molecule has 1 aromatic heterocycles. The smallest absolute Gasteiger partial charge is 0.207 e. The minimum atomic E-state index is -4.73. The van der Waals surface area contributed by atoms with Crippen LogP contribution >= 0.6 is 34.5 Å². The minimum absolute atomic E-state index is 0.00367. The van der Waals surface area contributed by atoms with Crippen molar-refractivity contribution in [1.82, 2.24) is 4.31 Å². The normalized spacial score (nSPS) is 12.8. The lowest BCUT2D eigenvalue weighted by atomic mass is 10.2. The fourth-order valence-corrected chi connectivity index (χ4v) is 4.43. The molecule has 0 amide bonds. The van der Waals surface area contributed by atoms with Crippen LogP contribution in [0.5, 0.6) is 0 Å². The minimum Gasteiger partial charge on any atom is -0.207 e. The van der Waals surface area contributed by atoms with Crippen LogP contribution in [0.3, 0.4) is 0 Å². The van der Waals surface area contributed by atoms with Crippen LogP contribution in [0.1, 0.15) is 10.4 Å². The fraction of sp³-hybridized carbons (Fsp3) is 0.231. The van der Waals surface area contributed by atoms with Crippen molar-refractivity contribution in [2.45, 2.75) is 17.6 Å². The average Bonchev–Trinajstić information content (AvgIpc) is 2.83. The Morgan fingerprint density at radius 3 is 2.35 bits per heavy atom. The number of hydrogen-bond donors (Lipinski definition) is 0. The van der Waals surface area contributed by atoms with Crippen LogP contribution in [0.4, 0.5) is 13.2 Å². The zero-order chi connectivity index (χ0) is 17.4. The van der Waals surface area contributed by atoms with Crippen molar-refractivity contribution in [2.75, 3.05) is 7.05 Å². The second-order valence-electron chi connectivity index (χ2n) is 4.61. The van der Waals surface area contributed by atoms with Crippen LogP contribution in [0.15, 0.2) is 35.2 Å². The van der Waals surface area contributed by atoms with Gasteiger partial charge < -0.3 is 0 Å². The van der Waals surface area contributed by atoms with Gasteiger partial charge in [-0.1, -0.05) is 23.2 Å².